The van der Waals surface area contributed by atoms with Crippen molar-refractivity contribution >= 4 is 24.2 Å². The highest BCUT2D eigenvalue weighted by molar-refractivity contribution is 5.94. The molecule has 3 N–H and O–H groups in total. The number of ether oxygens (including phenoxy) is 1. The van der Waals surface area contributed by atoms with Crippen molar-refractivity contribution in [3.8, 4) is 5.75 Å². The molecule has 2 heterocycles. The number of pyridine rings is 1. The topological polar surface area (TPSA) is 97.6 Å². The van der Waals surface area contributed by atoms with Crippen LogP contribution in [0.4, 0.5) is 0 Å². The molecule has 7 nitrogen and oxygen atoms in total. The zero-order valence-corrected chi connectivity index (χ0v) is 17.1. The SMILES string of the molecule is Cl.NC(=O)COc1ccc(C(=O)N(Cc2ccccn2)C2CCCNCC2)cc1. The lowest BCUT2D eigenvalue weighted by Gasteiger charge is -2.31. The molecular formula is C21H27ClN4O3. The maximum Gasteiger partial charge on any atom is 0.255 e. The van der Waals surface area contributed by atoms with Gasteiger partial charge in [-0.15, -0.1) is 12.4 Å². The Labute approximate surface area is 177 Å². The number of rotatable bonds is 7. The Morgan fingerprint density at radius 2 is 1.93 bits per heavy atom. The molecule has 1 aliphatic heterocycles. The third-order valence-corrected chi connectivity index (χ3v) is 4.79. The summed E-state index contributed by atoms with van der Waals surface area (Å²) in [6.45, 7) is 2.17. The van der Waals surface area contributed by atoms with E-state index in [1.807, 2.05) is 23.1 Å². The minimum absolute atomic E-state index is 0. The third-order valence-electron chi connectivity index (χ3n) is 4.79. The summed E-state index contributed by atoms with van der Waals surface area (Å²) in [7, 11) is 0. The van der Waals surface area contributed by atoms with Gasteiger partial charge in [0.25, 0.3) is 11.8 Å². The molecule has 0 aliphatic carbocycles. The molecular weight excluding hydrogens is 392 g/mol. The van der Waals surface area contributed by atoms with E-state index in [0.717, 1.165) is 38.0 Å². The largest absolute Gasteiger partial charge is 0.484 e. The predicted molar refractivity (Wildman–Crippen MR) is 113 cm³/mol. The van der Waals surface area contributed by atoms with E-state index in [0.29, 0.717) is 17.9 Å². The van der Waals surface area contributed by atoms with Crippen LogP contribution in [0.5, 0.6) is 5.75 Å². The fourth-order valence-electron chi connectivity index (χ4n) is 3.36. The summed E-state index contributed by atoms with van der Waals surface area (Å²) in [6.07, 6.45) is 4.66. The zero-order valence-electron chi connectivity index (χ0n) is 16.3. The molecule has 1 unspecified atom stereocenters. The smallest absolute Gasteiger partial charge is 0.255 e. The van der Waals surface area contributed by atoms with Gasteiger partial charge in [0.05, 0.1) is 12.2 Å². The van der Waals surface area contributed by atoms with Gasteiger partial charge in [-0.05, 0) is 68.8 Å². The van der Waals surface area contributed by atoms with Crippen molar-refractivity contribution in [1.82, 2.24) is 15.2 Å². The highest BCUT2D eigenvalue weighted by Gasteiger charge is 2.26. The highest BCUT2D eigenvalue weighted by Crippen LogP contribution is 2.21. The first-order chi connectivity index (χ1) is 13.6. The molecule has 29 heavy (non-hydrogen) atoms. The molecule has 1 aromatic carbocycles. The predicted octanol–water partition coefficient (Wildman–Crippen LogP) is 2.15. The number of nitrogens with two attached hydrogens (primary N) is 1. The minimum atomic E-state index is -0.538. The molecule has 3 rings (SSSR count). The normalized spacial score (nSPS) is 16.2. The van der Waals surface area contributed by atoms with E-state index in [1.165, 1.54) is 0 Å². The quantitative estimate of drug-likeness (QED) is 0.718. The van der Waals surface area contributed by atoms with Crippen LogP contribution in [0.15, 0.2) is 48.7 Å². The number of carbonyl (C=O) groups excluding carboxylic acids is 2. The Morgan fingerprint density at radius 1 is 1.14 bits per heavy atom. The van der Waals surface area contributed by atoms with Crippen molar-refractivity contribution < 1.29 is 14.3 Å². The number of benzene rings is 1. The Hall–Kier alpha value is -2.64. The number of carbonyl (C=O) groups is 2. The first kappa shape index (κ1) is 22.6. The number of halogens is 1. The van der Waals surface area contributed by atoms with Crippen LogP contribution in [0.1, 0.15) is 35.3 Å². The van der Waals surface area contributed by atoms with Gasteiger partial charge in [0.2, 0.25) is 0 Å². The van der Waals surface area contributed by atoms with Crippen molar-refractivity contribution in [2.45, 2.75) is 31.8 Å². The molecule has 1 fully saturated rings. The van der Waals surface area contributed by atoms with Gasteiger partial charge in [-0.3, -0.25) is 14.6 Å². The first-order valence-electron chi connectivity index (χ1n) is 9.56. The lowest BCUT2D eigenvalue weighted by molar-refractivity contribution is -0.119. The summed E-state index contributed by atoms with van der Waals surface area (Å²) in [5, 5.41) is 3.40. The number of primary amides is 1. The van der Waals surface area contributed by atoms with Gasteiger partial charge in [0.1, 0.15) is 5.75 Å². The molecule has 8 heteroatoms. The molecule has 156 valence electrons. The second-order valence-corrected chi connectivity index (χ2v) is 6.87. The molecule has 0 spiro atoms. The van der Waals surface area contributed by atoms with E-state index in [9.17, 15) is 9.59 Å². The summed E-state index contributed by atoms with van der Waals surface area (Å²) >= 11 is 0. The van der Waals surface area contributed by atoms with Crippen molar-refractivity contribution in [3.05, 3.63) is 59.9 Å². The minimum Gasteiger partial charge on any atom is -0.484 e. The maximum absolute atomic E-state index is 13.3. The summed E-state index contributed by atoms with van der Waals surface area (Å²) in [6, 6.07) is 12.7. The van der Waals surface area contributed by atoms with Gasteiger partial charge < -0.3 is 20.7 Å². The Bertz CT molecular complexity index is 778. The van der Waals surface area contributed by atoms with Crippen LogP contribution in [0.2, 0.25) is 0 Å². The van der Waals surface area contributed by atoms with Crippen LogP contribution in [0.3, 0.4) is 0 Å². The van der Waals surface area contributed by atoms with Crippen molar-refractivity contribution in [2.24, 2.45) is 5.73 Å². The molecule has 0 bridgehead atoms. The van der Waals surface area contributed by atoms with Crippen molar-refractivity contribution in [1.29, 1.82) is 0 Å². The molecule has 0 saturated carbocycles. The fraction of sp³-hybridized carbons (Fsp3) is 0.381. The third kappa shape index (κ3) is 6.73. The van der Waals surface area contributed by atoms with Gasteiger partial charge in [-0.25, -0.2) is 0 Å². The number of hydrogen-bond acceptors (Lipinski definition) is 5. The van der Waals surface area contributed by atoms with E-state index in [2.05, 4.69) is 10.3 Å². The van der Waals surface area contributed by atoms with E-state index in [1.54, 1.807) is 30.5 Å². The van der Waals surface area contributed by atoms with Crippen LogP contribution in [-0.2, 0) is 11.3 Å². The molecule has 0 radical (unpaired) electrons. The summed E-state index contributed by atoms with van der Waals surface area (Å²) in [4.78, 5) is 30.5. The van der Waals surface area contributed by atoms with E-state index in [4.69, 9.17) is 10.5 Å². The second kappa shape index (κ2) is 11.4. The van der Waals surface area contributed by atoms with Crippen LogP contribution in [-0.4, -0.2) is 47.4 Å². The van der Waals surface area contributed by atoms with E-state index >= 15 is 0 Å². The highest BCUT2D eigenvalue weighted by atomic mass is 35.5. The number of nitrogens with zero attached hydrogens (tertiary/aromatic N) is 2. The molecule has 2 aromatic rings. The Balaban J connectivity index is 0.00000300. The molecule has 1 aliphatic rings. The zero-order chi connectivity index (χ0) is 19.8. The average Bonchev–Trinajstić information content (AvgIpc) is 3.00. The Morgan fingerprint density at radius 3 is 2.62 bits per heavy atom. The lowest BCUT2D eigenvalue weighted by Crippen LogP contribution is -2.40. The first-order valence-corrected chi connectivity index (χ1v) is 9.56. The molecule has 1 saturated heterocycles. The standard InChI is InChI=1S/C21H26N4O3.ClH/c22-20(26)15-28-19-8-6-16(7-9-19)21(27)25(14-17-4-1-2-12-24-17)18-5-3-11-23-13-10-18;/h1-2,4,6-9,12,18,23H,3,5,10-11,13-15H2,(H2,22,26);1H. The monoisotopic (exact) mass is 418 g/mol. The average molecular weight is 419 g/mol. The number of aromatic nitrogens is 1. The van der Waals surface area contributed by atoms with Crippen LogP contribution < -0.4 is 15.8 Å². The number of hydrogen-bond donors (Lipinski definition) is 2. The van der Waals surface area contributed by atoms with E-state index < -0.39 is 5.91 Å². The van der Waals surface area contributed by atoms with Crippen LogP contribution >= 0.6 is 12.4 Å². The van der Waals surface area contributed by atoms with Gasteiger partial charge in [-0.2, -0.15) is 0 Å². The molecule has 1 atom stereocenters. The lowest BCUT2D eigenvalue weighted by atomic mass is 10.0. The summed E-state index contributed by atoms with van der Waals surface area (Å²) in [5.41, 5.74) is 6.54. The fourth-order valence-corrected chi connectivity index (χ4v) is 3.36. The Kier molecular flexibility index (Phi) is 8.89. The van der Waals surface area contributed by atoms with E-state index in [-0.39, 0.29) is 31.0 Å². The summed E-state index contributed by atoms with van der Waals surface area (Å²) in [5.74, 6) is -0.0621. The van der Waals surface area contributed by atoms with Crippen molar-refractivity contribution in [2.75, 3.05) is 19.7 Å². The van der Waals surface area contributed by atoms with Crippen LogP contribution in [0, 0.1) is 0 Å². The second-order valence-electron chi connectivity index (χ2n) is 6.87. The van der Waals surface area contributed by atoms with Crippen molar-refractivity contribution in [3.63, 3.8) is 0 Å². The van der Waals surface area contributed by atoms with Gasteiger partial charge in [0.15, 0.2) is 6.61 Å². The van der Waals surface area contributed by atoms with Gasteiger partial charge in [-0.1, -0.05) is 6.07 Å². The number of nitrogens with one attached hydrogen (secondary N) is 1. The van der Waals surface area contributed by atoms with Gasteiger partial charge in [0, 0.05) is 17.8 Å². The summed E-state index contributed by atoms with van der Waals surface area (Å²) < 4.78 is 5.27. The maximum atomic E-state index is 13.3. The van der Waals surface area contributed by atoms with Crippen LogP contribution in [0.25, 0.3) is 0 Å². The molecule has 2 amide bonds. The van der Waals surface area contributed by atoms with Gasteiger partial charge >= 0.3 is 0 Å². The molecule has 1 aromatic heterocycles. The number of amides is 2.